The number of aromatic hydroxyl groups is 1. The summed E-state index contributed by atoms with van der Waals surface area (Å²) in [5.41, 5.74) is 8.79. The Morgan fingerprint density at radius 3 is 1.85 bits per heavy atom. The van der Waals surface area contributed by atoms with Crippen LogP contribution in [0.25, 0.3) is 0 Å². The number of rotatable bonds is 2. The molecule has 2 heteroatoms. The molecule has 3 N–H and O–H groups in total. The molecule has 2 nitrogen and oxygen atoms in total. The number of phenols is 1. The molecule has 0 heterocycles. The lowest BCUT2D eigenvalue weighted by Gasteiger charge is -2.34. The van der Waals surface area contributed by atoms with Gasteiger partial charge in [-0.3, -0.25) is 0 Å². The Balaban J connectivity index is 3.37. The van der Waals surface area contributed by atoms with E-state index in [2.05, 4.69) is 61.5 Å². The van der Waals surface area contributed by atoms with E-state index in [-0.39, 0.29) is 22.0 Å². The van der Waals surface area contributed by atoms with Crippen LogP contribution in [0.15, 0.2) is 12.1 Å². The molecule has 0 atom stereocenters. The minimum absolute atomic E-state index is 0.0278. The van der Waals surface area contributed by atoms with E-state index in [0.717, 1.165) is 12.0 Å². The maximum Gasteiger partial charge on any atom is 0.142 e. The number of nitrogen functional groups attached to an aromatic ring is 1. The summed E-state index contributed by atoms with van der Waals surface area (Å²) in [6.45, 7) is 17.6. The second kappa shape index (κ2) is 4.98. The van der Waals surface area contributed by atoms with E-state index in [1.807, 2.05) is 6.07 Å². The summed E-state index contributed by atoms with van der Waals surface area (Å²) in [6, 6.07) is 4.05. The SMILES string of the molecule is CC(C)(C)CC(C)(C)c1cc(N)c(O)c(C(C)(C)C)c1. The Labute approximate surface area is 124 Å². The van der Waals surface area contributed by atoms with Crippen LogP contribution in [0, 0.1) is 5.41 Å². The van der Waals surface area contributed by atoms with Crippen LogP contribution in [0.2, 0.25) is 0 Å². The molecule has 0 saturated heterocycles. The standard InChI is InChI=1S/C18H31NO/c1-16(2,3)11-18(7,8)12-9-13(17(4,5)6)15(20)14(19)10-12/h9-10,20H,11,19H2,1-8H3. The first-order chi connectivity index (χ1) is 8.74. The molecule has 0 aliphatic heterocycles. The molecule has 1 aromatic carbocycles. The minimum atomic E-state index is -0.119. The van der Waals surface area contributed by atoms with Crippen LogP contribution in [-0.4, -0.2) is 5.11 Å². The number of benzene rings is 1. The Hall–Kier alpha value is -1.18. The molecular weight excluding hydrogens is 246 g/mol. The first-order valence-electron chi connectivity index (χ1n) is 7.37. The summed E-state index contributed by atoms with van der Waals surface area (Å²) in [5.74, 6) is 0.229. The van der Waals surface area contributed by atoms with Crippen LogP contribution in [0.4, 0.5) is 5.69 Å². The summed E-state index contributed by atoms with van der Waals surface area (Å²) in [7, 11) is 0. The van der Waals surface area contributed by atoms with Gasteiger partial charge in [-0.25, -0.2) is 0 Å². The molecule has 0 aliphatic carbocycles. The normalized spacial score (nSPS) is 13.6. The summed E-state index contributed by atoms with van der Waals surface area (Å²) in [5, 5.41) is 10.2. The van der Waals surface area contributed by atoms with Gasteiger partial charge in [0, 0.05) is 5.56 Å². The van der Waals surface area contributed by atoms with Crippen LogP contribution < -0.4 is 5.73 Å². The number of hydrogen-bond acceptors (Lipinski definition) is 2. The molecule has 114 valence electrons. The average Bonchev–Trinajstić information content (AvgIpc) is 2.16. The minimum Gasteiger partial charge on any atom is -0.505 e. The molecule has 0 aromatic heterocycles. The van der Waals surface area contributed by atoms with Crippen LogP contribution >= 0.6 is 0 Å². The maximum atomic E-state index is 10.2. The van der Waals surface area contributed by atoms with Crippen molar-refractivity contribution in [3.63, 3.8) is 0 Å². The highest BCUT2D eigenvalue weighted by atomic mass is 16.3. The lowest BCUT2D eigenvalue weighted by Crippen LogP contribution is -2.26. The van der Waals surface area contributed by atoms with E-state index in [1.54, 1.807) is 0 Å². The van der Waals surface area contributed by atoms with E-state index < -0.39 is 0 Å². The van der Waals surface area contributed by atoms with Crippen molar-refractivity contribution < 1.29 is 5.11 Å². The third-order valence-electron chi connectivity index (χ3n) is 3.70. The molecule has 0 amide bonds. The molecule has 0 saturated carbocycles. The van der Waals surface area contributed by atoms with Gasteiger partial charge < -0.3 is 10.8 Å². The maximum absolute atomic E-state index is 10.2. The summed E-state index contributed by atoms with van der Waals surface area (Å²) < 4.78 is 0. The van der Waals surface area contributed by atoms with Gasteiger partial charge in [0.1, 0.15) is 5.75 Å². The number of anilines is 1. The fourth-order valence-corrected chi connectivity index (χ4v) is 3.05. The van der Waals surface area contributed by atoms with Gasteiger partial charge in [-0.15, -0.1) is 0 Å². The zero-order chi connectivity index (χ0) is 15.9. The third kappa shape index (κ3) is 3.91. The molecule has 0 radical (unpaired) electrons. The highest BCUT2D eigenvalue weighted by Gasteiger charge is 2.30. The highest BCUT2D eigenvalue weighted by Crippen LogP contribution is 2.42. The molecule has 20 heavy (non-hydrogen) atoms. The first kappa shape index (κ1) is 16.9. The Morgan fingerprint density at radius 2 is 1.45 bits per heavy atom. The average molecular weight is 277 g/mol. The summed E-state index contributed by atoms with van der Waals surface area (Å²) >= 11 is 0. The van der Waals surface area contributed by atoms with Gasteiger partial charge in [0.2, 0.25) is 0 Å². The van der Waals surface area contributed by atoms with Crippen molar-refractivity contribution in [2.75, 3.05) is 5.73 Å². The van der Waals surface area contributed by atoms with Crippen molar-refractivity contribution in [1.82, 2.24) is 0 Å². The van der Waals surface area contributed by atoms with E-state index in [0.29, 0.717) is 5.69 Å². The third-order valence-corrected chi connectivity index (χ3v) is 3.70. The van der Waals surface area contributed by atoms with Crippen molar-refractivity contribution in [2.24, 2.45) is 5.41 Å². The lowest BCUT2D eigenvalue weighted by molar-refractivity contribution is 0.283. The van der Waals surface area contributed by atoms with Crippen molar-refractivity contribution >= 4 is 5.69 Å². The van der Waals surface area contributed by atoms with E-state index in [9.17, 15) is 5.11 Å². The van der Waals surface area contributed by atoms with Crippen molar-refractivity contribution in [3.05, 3.63) is 23.3 Å². The van der Waals surface area contributed by atoms with Crippen molar-refractivity contribution in [2.45, 2.75) is 72.6 Å². The van der Waals surface area contributed by atoms with Crippen LogP contribution in [0.3, 0.4) is 0 Å². The predicted octanol–water partition coefficient (Wildman–Crippen LogP) is 4.99. The molecular formula is C18H31NO. The molecule has 0 fully saturated rings. The van der Waals surface area contributed by atoms with Gasteiger partial charge in [-0.1, -0.05) is 61.5 Å². The van der Waals surface area contributed by atoms with Crippen molar-refractivity contribution in [1.29, 1.82) is 0 Å². The Kier molecular flexibility index (Phi) is 4.20. The van der Waals surface area contributed by atoms with E-state index >= 15 is 0 Å². The van der Waals surface area contributed by atoms with Crippen molar-refractivity contribution in [3.8, 4) is 5.75 Å². The monoisotopic (exact) mass is 277 g/mol. The largest absolute Gasteiger partial charge is 0.505 e. The van der Waals surface area contributed by atoms with Gasteiger partial charge in [0.15, 0.2) is 0 Å². The van der Waals surface area contributed by atoms with Crippen LogP contribution in [0.5, 0.6) is 5.75 Å². The van der Waals surface area contributed by atoms with Crippen LogP contribution in [0.1, 0.15) is 72.9 Å². The number of nitrogens with two attached hydrogens (primary N) is 1. The number of hydrogen-bond donors (Lipinski definition) is 2. The zero-order valence-corrected chi connectivity index (χ0v) is 14.4. The predicted molar refractivity (Wildman–Crippen MR) is 88.3 cm³/mol. The second-order valence-corrected chi connectivity index (χ2v) is 8.83. The smallest absolute Gasteiger partial charge is 0.142 e. The number of phenolic OH excluding ortho intramolecular Hbond substituents is 1. The fraction of sp³-hybridized carbons (Fsp3) is 0.667. The summed E-state index contributed by atoms with van der Waals surface area (Å²) in [4.78, 5) is 0. The molecule has 0 spiro atoms. The second-order valence-electron chi connectivity index (χ2n) is 8.83. The van der Waals surface area contributed by atoms with E-state index in [4.69, 9.17) is 5.73 Å². The molecule has 0 bridgehead atoms. The van der Waals surface area contributed by atoms with Gasteiger partial charge in [0.25, 0.3) is 0 Å². The molecule has 1 aromatic rings. The van der Waals surface area contributed by atoms with E-state index in [1.165, 1.54) is 5.56 Å². The van der Waals surface area contributed by atoms with Gasteiger partial charge in [0.05, 0.1) is 5.69 Å². The Morgan fingerprint density at radius 1 is 0.950 bits per heavy atom. The molecule has 0 aliphatic rings. The lowest BCUT2D eigenvalue weighted by atomic mass is 9.71. The van der Waals surface area contributed by atoms with Crippen LogP contribution in [-0.2, 0) is 10.8 Å². The quantitative estimate of drug-likeness (QED) is 0.591. The molecule has 0 unspecified atom stereocenters. The highest BCUT2D eigenvalue weighted by molar-refractivity contribution is 5.60. The van der Waals surface area contributed by atoms with Gasteiger partial charge in [-0.05, 0) is 34.3 Å². The summed E-state index contributed by atoms with van der Waals surface area (Å²) in [6.07, 6.45) is 1.06. The fourth-order valence-electron chi connectivity index (χ4n) is 3.05. The van der Waals surface area contributed by atoms with Gasteiger partial charge in [-0.2, -0.15) is 0 Å². The Bertz CT molecular complexity index is 487. The van der Waals surface area contributed by atoms with Gasteiger partial charge >= 0.3 is 0 Å². The molecule has 1 rings (SSSR count). The first-order valence-corrected chi connectivity index (χ1v) is 7.37. The topological polar surface area (TPSA) is 46.2 Å². The zero-order valence-electron chi connectivity index (χ0n) is 14.4.